The Morgan fingerprint density at radius 3 is 2.40 bits per heavy atom. The lowest BCUT2D eigenvalue weighted by Gasteiger charge is -2.20. The fourth-order valence-corrected chi connectivity index (χ4v) is 4.20. The third-order valence-corrected chi connectivity index (χ3v) is 5.49. The average molecular weight is 296 g/mol. The molecule has 0 radical (unpaired) electrons. The molecule has 0 N–H and O–H groups in total. The van der Waals surface area contributed by atoms with Gasteiger partial charge < -0.3 is 4.74 Å². The van der Waals surface area contributed by atoms with Crippen molar-refractivity contribution in [3.8, 4) is 0 Å². The van der Waals surface area contributed by atoms with E-state index in [-0.39, 0.29) is 36.1 Å². The zero-order valence-electron chi connectivity index (χ0n) is 12.0. The predicted octanol–water partition coefficient (Wildman–Crippen LogP) is 2.36. The van der Waals surface area contributed by atoms with Gasteiger partial charge >= 0.3 is 5.97 Å². The fraction of sp³-hybridized carbons (Fsp3) is 0.533. The maximum absolute atomic E-state index is 12.4. The summed E-state index contributed by atoms with van der Waals surface area (Å²) in [6.07, 6.45) is -0.115. The normalized spacial score (nSPS) is 23.1. The first-order valence-electron chi connectivity index (χ1n) is 6.78. The Labute approximate surface area is 120 Å². The Hall–Kier alpha value is -1.36. The van der Waals surface area contributed by atoms with Crippen LogP contribution in [0, 0.1) is 18.8 Å². The van der Waals surface area contributed by atoms with Crippen LogP contribution in [-0.2, 0) is 19.4 Å². The molecule has 1 fully saturated rings. The van der Waals surface area contributed by atoms with E-state index in [1.54, 1.807) is 24.3 Å². The minimum Gasteiger partial charge on any atom is -0.462 e. The number of hydrogen-bond acceptors (Lipinski definition) is 4. The van der Waals surface area contributed by atoms with Crippen LogP contribution < -0.4 is 0 Å². The van der Waals surface area contributed by atoms with Gasteiger partial charge in [-0.15, -0.1) is 0 Å². The van der Waals surface area contributed by atoms with Gasteiger partial charge in [0.1, 0.15) is 6.10 Å². The van der Waals surface area contributed by atoms with E-state index < -0.39 is 9.84 Å². The lowest BCUT2D eigenvalue weighted by molar-refractivity contribution is -0.143. The van der Waals surface area contributed by atoms with E-state index in [2.05, 4.69) is 0 Å². The number of carbonyl (C=O) groups is 1. The van der Waals surface area contributed by atoms with Crippen molar-refractivity contribution in [1.29, 1.82) is 0 Å². The highest BCUT2D eigenvalue weighted by Gasteiger charge is 2.39. The molecule has 4 nitrogen and oxygen atoms in total. The zero-order valence-corrected chi connectivity index (χ0v) is 12.8. The SMILES string of the molecule is Cc1ccc(S(=O)(=O)C[C@H]2CC(=O)O[C@H]2C(C)C)cc1. The molecule has 2 rings (SSSR count). The maximum atomic E-state index is 12.4. The number of ether oxygens (including phenoxy) is 1. The van der Waals surface area contributed by atoms with Crippen LogP contribution in [0.1, 0.15) is 25.8 Å². The van der Waals surface area contributed by atoms with E-state index in [0.29, 0.717) is 4.90 Å². The molecule has 1 aliphatic rings. The summed E-state index contributed by atoms with van der Waals surface area (Å²) in [5.74, 6) is -0.466. The van der Waals surface area contributed by atoms with Crippen LogP contribution >= 0.6 is 0 Å². The molecule has 110 valence electrons. The molecular weight excluding hydrogens is 276 g/mol. The summed E-state index contributed by atoms with van der Waals surface area (Å²) in [4.78, 5) is 11.7. The van der Waals surface area contributed by atoms with Crippen LogP contribution in [-0.4, -0.2) is 26.2 Å². The first-order valence-corrected chi connectivity index (χ1v) is 8.44. The molecule has 1 aliphatic heterocycles. The third-order valence-electron chi connectivity index (χ3n) is 3.63. The Bertz CT molecular complexity index is 587. The van der Waals surface area contributed by atoms with Crippen molar-refractivity contribution < 1.29 is 17.9 Å². The summed E-state index contributed by atoms with van der Waals surface area (Å²) in [6.45, 7) is 5.79. The minimum absolute atomic E-state index is 0.0371. The Morgan fingerprint density at radius 1 is 1.25 bits per heavy atom. The van der Waals surface area contributed by atoms with Crippen molar-refractivity contribution in [2.24, 2.45) is 11.8 Å². The average Bonchev–Trinajstić information content (AvgIpc) is 2.70. The maximum Gasteiger partial charge on any atom is 0.306 e. The van der Waals surface area contributed by atoms with Crippen molar-refractivity contribution in [3.63, 3.8) is 0 Å². The van der Waals surface area contributed by atoms with Crippen molar-refractivity contribution >= 4 is 15.8 Å². The summed E-state index contributed by atoms with van der Waals surface area (Å²) in [7, 11) is -3.38. The van der Waals surface area contributed by atoms with Crippen LogP contribution in [0.3, 0.4) is 0 Å². The van der Waals surface area contributed by atoms with E-state index in [4.69, 9.17) is 4.74 Å². The zero-order chi connectivity index (χ0) is 14.9. The summed E-state index contributed by atoms with van der Waals surface area (Å²) >= 11 is 0. The number of hydrogen-bond donors (Lipinski definition) is 0. The van der Waals surface area contributed by atoms with Gasteiger partial charge in [-0.25, -0.2) is 8.42 Å². The Morgan fingerprint density at radius 2 is 1.85 bits per heavy atom. The molecule has 0 amide bonds. The van der Waals surface area contributed by atoms with Gasteiger partial charge in [0.15, 0.2) is 9.84 Å². The molecule has 0 aliphatic carbocycles. The summed E-state index contributed by atoms with van der Waals surface area (Å²) in [6, 6.07) is 6.80. The molecule has 1 saturated heterocycles. The van der Waals surface area contributed by atoms with Gasteiger partial charge in [-0.05, 0) is 25.0 Å². The largest absolute Gasteiger partial charge is 0.462 e. The van der Waals surface area contributed by atoms with Gasteiger partial charge in [-0.1, -0.05) is 31.5 Å². The molecule has 20 heavy (non-hydrogen) atoms. The second-order valence-corrected chi connectivity index (χ2v) is 7.79. The van der Waals surface area contributed by atoms with Crippen LogP contribution in [0.15, 0.2) is 29.2 Å². The highest BCUT2D eigenvalue weighted by atomic mass is 32.2. The minimum atomic E-state index is -3.38. The van der Waals surface area contributed by atoms with Crippen LogP contribution in [0.4, 0.5) is 0 Å². The van der Waals surface area contributed by atoms with E-state index in [0.717, 1.165) is 5.56 Å². The van der Waals surface area contributed by atoms with Gasteiger partial charge in [0.25, 0.3) is 0 Å². The standard InChI is InChI=1S/C15H20O4S/c1-10(2)15-12(8-14(16)19-15)9-20(17,18)13-6-4-11(3)5-7-13/h4-7,10,12,15H,8-9H2,1-3H3/t12-,15+/m1/s1. The smallest absolute Gasteiger partial charge is 0.306 e. The van der Waals surface area contributed by atoms with Crippen LogP contribution in [0.2, 0.25) is 0 Å². The van der Waals surface area contributed by atoms with Crippen molar-refractivity contribution in [3.05, 3.63) is 29.8 Å². The summed E-state index contributed by atoms with van der Waals surface area (Å²) in [5.41, 5.74) is 1.02. The molecule has 0 spiro atoms. The summed E-state index contributed by atoms with van der Waals surface area (Å²) < 4.78 is 30.0. The number of sulfone groups is 1. The highest BCUT2D eigenvalue weighted by molar-refractivity contribution is 7.91. The molecule has 1 heterocycles. The van der Waals surface area contributed by atoms with Gasteiger partial charge in [0.2, 0.25) is 0 Å². The van der Waals surface area contributed by atoms with Gasteiger partial charge in [0, 0.05) is 5.92 Å². The molecule has 1 aromatic carbocycles. The first-order chi connectivity index (χ1) is 9.29. The number of esters is 1. The van der Waals surface area contributed by atoms with Gasteiger partial charge in [-0.2, -0.15) is 0 Å². The Balaban J connectivity index is 2.19. The number of cyclic esters (lactones) is 1. The number of benzene rings is 1. The first kappa shape index (κ1) is 15.0. The van der Waals surface area contributed by atoms with E-state index >= 15 is 0 Å². The molecule has 0 unspecified atom stereocenters. The van der Waals surface area contributed by atoms with E-state index in [1.807, 2.05) is 20.8 Å². The third kappa shape index (κ3) is 3.20. The second-order valence-electron chi connectivity index (χ2n) is 5.76. The van der Waals surface area contributed by atoms with Crippen molar-refractivity contribution in [2.75, 3.05) is 5.75 Å². The monoisotopic (exact) mass is 296 g/mol. The van der Waals surface area contributed by atoms with Gasteiger partial charge in [0.05, 0.1) is 17.1 Å². The molecule has 5 heteroatoms. The number of carbonyl (C=O) groups excluding carboxylic acids is 1. The topological polar surface area (TPSA) is 60.4 Å². The second kappa shape index (κ2) is 5.56. The predicted molar refractivity (Wildman–Crippen MR) is 76.1 cm³/mol. The quantitative estimate of drug-likeness (QED) is 0.800. The molecule has 0 bridgehead atoms. The number of rotatable bonds is 4. The Kier molecular flexibility index (Phi) is 4.18. The molecule has 2 atom stereocenters. The van der Waals surface area contributed by atoms with Crippen LogP contribution in [0.5, 0.6) is 0 Å². The molecule has 1 aromatic rings. The highest BCUT2D eigenvalue weighted by Crippen LogP contribution is 2.30. The van der Waals surface area contributed by atoms with Gasteiger partial charge in [-0.3, -0.25) is 4.79 Å². The molecular formula is C15H20O4S. The fourth-order valence-electron chi connectivity index (χ4n) is 2.58. The summed E-state index contributed by atoms with van der Waals surface area (Å²) in [5, 5.41) is 0. The van der Waals surface area contributed by atoms with E-state index in [1.165, 1.54) is 0 Å². The lowest BCUT2D eigenvalue weighted by atomic mass is 9.95. The van der Waals surface area contributed by atoms with Crippen molar-refractivity contribution in [1.82, 2.24) is 0 Å². The molecule has 0 saturated carbocycles. The lowest BCUT2D eigenvalue weighted by Crippen LogP contribution is -2.28. The number of aryl methyl sites for hydroxylation is 1. The van der Waals surface area contributed by atoms with Crippen LogP contribution in [0.25, 0.3) is 0 Å². The van der Waals surface area contributed by atoms with Crippen molar-refractivity contribution in [2.45, 2.75) is 38.2 Å². The molecule has 0 aromatic heterocycles. The van der Waals surface area contributed by atoms with E-state index in [9.17, 15) is 13.2 Å².